The molecular formula is C15H11ClF2N2. The van der Waals surface area contributed by atoms with Gasteiger partial charge in [-0.3, -0.25) is 0 Å². The van der Waals surface area contributed by atoms with Crippen molar-refractivity contribution in [1.29, 1.82) is 5.26 Å². The van der Waals surface area contributed by atoms with Crippen LogP contribution in [-0.2, 0) is 0 Å². The Balaban J connectivity index is 2.25. The largest absolute Gasteiger partial charge is 0.377 e. The number of hydrogen-bond acceptors (Lipinski definition) is 2. The molecule has 0 aliphatic rings. The monoisotopic (exact) mass is 292 g/mol. The number of benzene rings is 2. The zero-order chi connectivity index (χ0) is 14.7. The highest BCUT2D eigenvalue weighted by atomic mass is 35.5. The Labute approximate surface area is 120 Å². The molecule has 1 atom stereocenters. The van der Waals surface area contributed by atoms with E-state index in [2.05, 4.69) is 5.32 Å². The average molecular weight is 293 g/mol. The summed E-state index contributed by atoms with van der Waals surface area (Å²) in [6, 6.07) is 10.1. The summed E-state index contributed by atoms with van der Waals surface area (Å²) in [4.78, 5) is 0. The van der Waals surface area contributed by atoms with Gasteiger partial charge in [0.15, 0.2) is 0 Å². The summed E-state index contributed by atoms with van der Waals surface area (Å²) in [5.41, 5.74) is 1.38. The Bertz CT molecular complexity index is 680. The van der Waals surface area contributed by atoms with Gasteiger partial charge in [0.25, 0.3) is 0 Å². The van der Waals surface area contributed by atoms with Crippen LogP contribution in [0.15, 0.2) is 36.4 Å². The van der Waals surface area contributed by atoms with Crippen molar-refractivity contribution in [3.63, 3.8) is 0 Å². The topological polar surface area (TPSA) is 35.8 Å². The van der Waals surface area contributed by atoms with Crippen molar-refractivity contribution in [2.24, 2.45) is 0 Å². The van der Waals surface area contributed by atoms with Crippen LogP contribution < -0.4 is 5.32 Å². The van der Waals surface area contributed by atoms with E-state index in [9.17, 15) is 8.78 Å². The second kappa shape index (κ2) is 5.89. The molecule has 0 saturated carbocycles. The van der Waals surface area contributed by atoms with Crippen molar-refractivity contribution in [3.05, 3.63) is 64.2 Å². The molecule has 2 aromatic rings. The lowest BCUT2D eigenvalue weighted by Crippen LogP contribution is -2.08. The van der Waals surface area contributed by atoms with Gasteiger partial charge in [0.1, 0.15) is 17.7 Å². The summed E-state index contributed by atoms with van der Waals surface area (Å²) in [5, 5.41) is 12.1. The first-order valence-corrected chi connectivity index (χ1v) is 6.30. The van der Waals surface area contributed by atoms with Crippen LogP contribution in [0.5, 0.6) is 0 Å². The number of nitriles is 1. The normalized spacial score (nSPS) is 11.8. The molecule has 0 spiro atoms. The molecule has 0 amide bonds. The van der Waals surface area contributed by atoms with Crippen LogP contribution in [0, 0.1) is 23.0 Å². The van der Waals surface area contributed by atoms with E-state index in [1.54, 1.807) is 6.07 Å². The van der Waals surface area contributed by atoms with Crippen molar-refractivity contribution >= 4 is 17.3 Å². The van der Waals surface area contributed by atoms with Crippen molar-refractivity contribution < 1.29 is 8.78 Å². The lowest BCUT2D eigenvalue weighted by Gasteiger charge is -2.17. The van der Waals surface area contributed by atoms with E-state index in [0.717, 1.165) is 6.07 Å². The summed E-state index contributed by atoms with van der Waals surface area (Å²) in [6.07, 6.45) is 0. The molecule has 0 fully saturated rings. The quantitative estimate of drug-likeness (QED) is 0.893. The first-order chi connectivity index (χ1) is 9.51. The van der Waals surface area contributed by atoms with E-state index < -0.39 is 11.6 Å². The number of halogens is 3. The first-order valence-electron chi connectivity index (χ1n) is 5.92. The fourth-order valence-corrected chi connectivity index (χ4v) is 1.95. The van der Waals surface area contributed by atoms with Crippen LogP contribution in [0.25, 0.3) is 0 Å². The standard InChI is InChI=1S/C15H11ClF2N2/c1-9(10-2-4-13(16)14(18)7-10)20-15-5-3-12(17)6-11(15)8-19/h2-7,9,20H,1H3. The highest BCUT2D eigenvalue weighted by Crippen LogP contribution is 2.25. The predicted octanol–water partition coefficient (Wildman–Crippen LogP) is 4.66. The van der Waals surface area contributed by atoms with Gasteiger partial charge in [-0.05, 0) is 42.8 Å². The molecule has 102 valence electrons. The maximum absolute atomic E-state index is 13.4. The average Bonchev–Trinajstić information content (AvgIpc) is 2.43. The fourth-order valence-electron chi connectivity index (χ4n) is 1.83. The van der Waals surface area contributed by atoms with Crippen molar-refractivity contribution in [2.75, 3.05) is 5.32 Å². The number of anilines is 1. The van der Waals surface area contributed by atoms with E-state index in [4.69, 9.17) is 16.9 Å². The minimum Gasteiger partial charge on any atom is -0.377 e. The summed E-state index contributed by atoms with van der Waals surface area (Å²) in [5.74, 6) is -0.977. The summed E-state index contributed by atoms with van der Waals surface area (Å²) < 4.78 is 26.5. The molecule has 0 saturated heterocycles. The van der Waals surface area contributed by atoms with Crippen LogP contribution in [0.4, 0.5) is 14.5 Å². The Morgan fingerprint density at radius 3 is 2.60 bits per heavy atom. The van der Waals surface area contributed by atoms with Gasteiger partial charge in [-0.2, -0.15) is 5.26 Å². The molecule has 2 nitrogen and oxygen atoms in total. The van der Waals surface area contributed by atoms with Gasteiger partial charge in [-0.15, -0.1) is 0 Å². The Kier molecular flexibility index (Phi) is 4.21. The minimum absolute atomic E-state index is 0.0560. The maximum atomic E-state index is 13.4. The molecule has 1 unspecified atom stereocenters. The summed E-state index contributed by atoms with van der Waals surface area (Å²) in [7, 11) is 0. The summed E-state index contributed by atoms with van der Waals surface area (Å²) in [6.45, 7) is 1.81. The van der Waals surface area contributed by atoms with Gasteiger partial charge in [-0.1, -0.05) is 17.7 Å². The Morgan fingerprint density at radius 2 is 1.95 bits per heavy atom. The number of nitrogens with zero attached hydrogens (tertiary/aromatic N) is 1. The van der Waals surface area contributed by atoms with Gasteiger partial charge in [-0.25, -0.2) is 8.78 Å². The Hall–Kier alpha value is -2.12. The van der Waals surface area contributed by atoms with Gasteiger partial charge >= 0.3 is 0 Å². The zero-order valence-corrected chi connectivity index (χ0v) is 11.4. The Morgan fingerprint density at radius 1 is 1.20 bits per heavy atom. The van der Waals surface area contributed by atoms with E-state index in [-0.39, 0.29) is 16.6 Å². The van der Waals surface area contributed by atoms with E-state index in [1.165, 1.54) is 24.3 Å². The lowest BCUT2D eigenvalue weighted by atomic mass is 10.1. The molecule has 2 aromatic carbocycles. The van der Waals surface area contributed by atoms with E-state index >= 15 is 0 Å². The lowest BCUT2D eigenvalue weighted by molar-refractivity contribution is 0.624. The SMILES string of the molecule is CC(Nc1ccc(F)cc1C#N)c1ccc(Cl)c(F)c1. The molecule has 20 heavy (non-hydrogen) atoms. The third kappa shape index (κ3) is 3.06. The highest BCUT2D eigenvalue weighted by molar-refractivity contribution is 6.30. The molecule has 0 heterocycles. The minimum atomic E-state index is -0.502. The van der Waals surface area contributed by atoms with Crippen LogP contribution in [0.2, 0.25) is 5.02 Å². The third-order valence-electron chi connectivity index (χ3n) is 2.92. The maximum Gasteiger partial charge on any atom is 0.142 e. The first kappa shape index (κ1) is 14.3. The molecule has 0 aliphatic heterocycles. The molecule has 0 aromatic heterocycles. The van der Waals surface area contributed by atoms with Crippen LogP contribution >= 0.6 is 11.6 Å². The zero-order valence-electron chi connectivity index (χ0n) is 10.6. The van der Waals surface area contributed by atoms with Gasteiger partial charge < -0.3 is 5.32 Å². The van der Waals surface area contributed by atoms with Crippen LogP contribution in [0.3, 0.4) is 0 Å². The van der Waals surface area contributed by atoms with Gasteiger partial charge in [0.2, 0.25) is 0 Å². The number of hydrogen-bond donors (Lipinski definition) is 1. The second-order valence-corrected chi connectivity index (χ2v) is 4.75. The molecular weight excluding hydrogens is 282 g/mol. The van der Waals surface area contributed by atoms with Crippen LogP contribution in [-0.4, -0.2) is 0 Å². The number of rotatable bonds is 3. The van der Waals surface area contributed by atoms with Crippen molar-refractivity contribution in [2.45, 2.75) is 13.0 Å². The van der Waals surface area contributed by atoms with Gasteiger partial charge in [0, 0.05) is 6.04 Å². The van der Waals surface area contributed by atoms with E-state index in [1.807, 2.05) is 13.0 Å². The van der Waals surface area contributed by atoms with Crippen molar-refractivity contribution in [1.82, 2.24) is 0 Å². The predicted molar refractivity (Wildman–Crippen MR) is 74.6 cm³/mol. The second-order valence-electron chi connectivity index (χ2n) is 4.34. The summed E-state index contributed by atoms with van der Waals surface area (Å²) >= 11 is 5.63. The smallest absolute Gasteiger partial charge is 0.142 e. The molecule has 0 radical (unpaired) electrons. The number of nitrogens with one attached hydrogen (secondary N) is 1. The van der Waals surface area contributed by atoms with Crippen LogP contribution in [0.1, 0.15) is 24.1 Å². The molecule has 5 heteroatoms. The highest BCUT2D eigenvalue weighted by Gasteiger charge is 2.11. The van der Waals surface area contributed by atoms with Crippen molar-refractivity contribution in [3.8, 4) is 6.07 Å². The molecule has 1 N–H and O–H groups in total. The fraction of sp³-hybridized carbons (Fsp3) is 0.133. The van der Waals surface area contributed by atoms with Gasteiger partial charge in [0.05, 0.1) is 16.3 Å². The third-order valence-corrected chi connectivity index (χ3v) is 3.22. The molecule has 0 bridgehead atoms. The molecule has 0 aliphatic carbocycles. The molecule has 2 rings (SSSR count). The van der Waals surface area contributed by atoms with E-state index in [0.29, 0.717) is 11.3 Å².